The minimum Gasteiger partial charge on any atom is -0.372 e. The van der Waals surface area contributed by atoms with Crippen LogP contribution in [0.3, 0.4) is 0 Å². The van der Waals surface area contributed by atoms with Crippen LogP contribution in [0.1, 0.15) is 30.1 Å². The molecule has 9 heteroatoms. The minimum atomic E-state index is -4.69. The van der Waals surface area contributed by atoms with E-state index in [0.29, 0.717) is 24.2 Å². The zero-order chi connectivity index (χ0) is 18.2. The van der Waals surface area contributed by atoms with Crippen molar-refractivity contribution in [3.05, 3.63) is 35.7 Å². The van der Waals surface area contributed by atoms with Crippen molar-refractivity contribution in [2.24, 2.45) is 0 Å². The molecule has 0 aliphatic carbocycles. The molecule has 0 spiro atoms. The molecule has 0 bridgehead atoms. The van der Waals surface area contributed by atoms with Crippen LogP contribution in [0.4, 0.5) is 13.2 Å². The Morgan fingerprint density at radius 3 is 2.28 bits per heavy atom. The first-order valence-corrected chi connectivity index (χ1v) is 7.70. The van der Waals surface area contributed by atoms with E-state index in [9.17, 15) is 18.0 Å². The second-order valence-corrected chi connectivity index (χ2v) is 5.97. The number of alkyl halides is 3. The zero-order valence-corrected chi connectivity index (χ0v) is 13.6. The number of aromatic nitrogens is 2. The largest absolute Gasteiger partial charge is 0.471 e. The van der Waals surface area contributed by atoms with Crippen LogP contribution < -0.4 is 0 Å². The Kier molecular flexibility index (Phi) is 4.51. The van der Waals surface area contributed by atoms with Crippen LogP contribution in [0.5, 0.6) is 0 Å². The Morgan fingerprint density at radius 1 is 1.16 bits per heavy atom. The molecule has 2 heterocycles. The average molecular weight is 355 g/mol. The molecule has 1 amide bonds. The highest BCUT2D eigenvalue weighted by Crippen LogP contribution is 2.29. The summed E-state index contributed by atoms with van der Waals surface area (Å²) in [6, 6.07) is 6.05. The van der Waals surface area contributed by atoms with Gasteiger partial charge in [-0.15, -0.1) is 0 Å². The molecule has 2 atom stereocenters. The van der Waals surface area contributed by atoms with Crippen molar-refractivity contribution in [2.75, 3.05) is 13.1 Å². The fourth-order valence-corrected chi connectivity index (χ4v) is 2.74. The molecule has 1 aliphatic rings. The van der Waals surface area contributed by atoms with Crippen LogP contribution in [0.25, 0.3) is 11.4 Å². The lowest BCUT2D eigenvalue weighted by atomic mass is 10.1. The van der Waals surface area contributed by atoms with Gasteiger partial charge < -0.3 is 14.2 Å². The maximum absolute atomic E-state index is 12.5. The summed E-state index contributed by atoms with van der Waals surface area (Å²) >= 11 is 0. The van der Waals surface area contributed by atoms with E-state index >= 15 is 0 Å². The first-order valence-electron chi connectivity index (χ1n) is 7.70. The van der Waals surface area contributed by atoms with Gasteiger partial charge in [-0.05, 0) is 26.0 Å². The van der Waals surface area contributed by atoms with E-state index in [2.05, 4.69) is 14.7 Å². The van der Waals surface area contributed by atoms with Crippen molar-refractivity contribution in [1.82, 2.24) is 15.0 Å². The Bertz CT molecular complexity index is 748. The van der Waals surface area contributed by atoms with Gasteiger partial charge >= 0.3 is 12.1 Å². The lowest BCUT2D eigenvalue weighted by molar-refractivity contribution is -0.159. The summed E-state index contributed by atoms with van der Waals surface area (Å²) in [6.07, 6.45) is -4.79. The second-order valence-electron chi connectivity index (χ2n) is 5.97. The molecule has 1 aliphatic heterocycles. The summed E-state index contributed by atoms with van der Waals surface area (Å²) in [5.41, 5.74) is 0.768. The molecule has 0 N–H and O–H groups in total. The van der Waals surface area contributed by atoms with Crippen LogP contribution in [0.2, 0.25) is 0 Å². The van der Waals surface area contributed by atoms with Gasteiger partial charge in [-0.1, -0.05) is 17.3 Å². The van der Waals surface area contributed by atoms with Crippen molar-refractivity contribution in [2.45, 2.75) is 32.2 Å². The van der Waals surface area contributed by atoms with Gasteiger partial charge in [0.1, 0.15) is 0 Å². The SMILES string of the molecule is C[C@H]1CN(C(=O)c2ccc(-c3noc(C(F)(F)F)n3)cc2)C[C@H](C)O1. The van der Waals surface area contributed by atoms with Crippen LogP contribution in [-0.4, -0.2) is 46.2 Å². The van der Waals surface area contributed by atoms with Crippen molar-refractivity contribution >= 4 is 5.91 Å². The van der Waals surface area contributed by atoms with E-state index in [-0.39, 0.29) is 23.9 Å². The number of halogens is 3. The zero-order valence-electron chi connectivity index (χ0n) is 13.6. The van der Waals surface area contributed by atoms with Gasteiger partial charge in [0.2, 0.25) is 5.82 Å². The molecule has 3 rings (SSSR count). The lowest BCUT2D eigenvalue weighted by Crippen LogP contribution is -2.48. The number of nitrogens with zero attached hydrogens (tertiary/aromatic N) is 3. The number of morpholine rings is 1. The molecule has 25 heavy (non-hydrogen) atoms. The number of amides is 1. The van der Waals surface area contributed by atoms with Gasteiger partial charge in [-0.25, -0.2) is 0 Å². The fraction of sp³-hybridized carbons (Fsp3) is 0.438. The highest BCUT2D eigenvalue weighted by atomic mass is 19.4. The third kappa shape index (κ3) is 3.81. The van der Waals surface area contributed by atoms with E-state index in [1.165, 1.54) is 24.3 Å². The standard InChI is InChI=1S/C16H16F3N3O3/c1-9-7-22(8-10(2)24-9)14(23)12-5-3-11(4-6-12)13-20-15(25-21-13)16(17,18)19/h3-6,9-10H,7-8H2,1-2H3/t9-,10-/m0/s1. The van der Waals surface area contributed by atoms with Gasteiger partial charge in [0, 0.05) is 24.2 Å². The maximum Gasteiger partial charge on any atom is 0.471 e. The van der Waals surface area contributed by atoms with Crippen molar-refractivity contribution in [3.63, 3.8) is 0 Å². The number of ether oxygens (including phenoxy) is 1. The predicted molar refractivity (Wildman–Crippen MR) is 80.6 cm³/mol. The van der Waals surface area contributed by atoms with Crippen LogP contribution >= 0.6 is 0 Å². The van der Waals surface area contributed by atoms with E-state index in [0.717, 1.165) is 0 Å². The Morgan fingerprint density at radius 2 is 1.76 bits per heavy atom. The van der Waals surface area contributed by atoms with Crippen molar-refractivity contribution < 1.29 is 27.2 Å². The molecule has 2 aromatic rings. The lowest BCUT2D eigenvalue weighted by Gasteiger charge is -2.35. The highest BCUT2D eigenvalue weighted by Gasteiger charge is 2.38. The van der Waals surface area contributed by atoms with Crippen molar-refractivity contribution in [3.8, 4) is 11.4 Å². The van der Waals surface area contributed by atoms with E-state index in [1.807, 2.05) is 13.8 Å². The normalized spacial score (nSPS) is 21.4. The molecular formula is C16H16F3N3O3. The summed E-state index contributed by atoms with van der Waals surface area (Å²) in [7, 11) is 0. The number of hydrogen-bond acceptors (Lipinski definition) is 5. The van der Waals surface area contributed by atoms with E-state index in [1.54, 1.807) is 4.90 Å². The monoisotopic (exact) mass is 355 g/mol. The van der Waals surface area contributed by atoms with Crippen molar-refractivity contribution in [1.29, 1.82) is 0 Å². The van der Waals surface area contributed by atoms with Gasteiger partial charge in [-0.3, -0.25) is 4.79 Å². The second kappa shape index (κ2) is 6.47. The number of rotatable bonds is 2. The minimum absolute atomic E-state index is 0.0490. The summed E-state index contributed by atoms with van der Waals surface area (Å²) in [4.78, 5) is 17.6. The fourth-order valence-electron chi connectivity index (χ4n) is 2.74. The first kappa shape index (κ1) is 17.4. The number of hydrogen-bond donors (Lipinski definition) is 0. The van der Waals surface area contributed by atoms with Crippen LogP contribution in [-0.2, 0) is 10.9 Å². The predicted octanol–water partition coefficient (Wildman–Crippen LogP) is 3.00. The maximum atomic E-state index is 12.5. The van der Waals surface area contributed by atoms with E-state index in [4.69, 9.17) is 4.74 Å². The number of carbonyl (C=O) groups excluding carboxylic acids is 1. The molecule has 1 fully saturated rings. The Hall–Kier alpha value is -2.42. The molecule has 6 nitrogen and oxygen atoms in total. The molecule has 0 saturated carbocycles. The third-order valence-corrected chi connectivity index (χ3v) is 3.77. The highest BCUT2D eigenvalue weighted by molar-refractivity contribution is 5.94. The van der Waals surface area contributed by atoms with Gasteiger partial charge in [0.15, 0.2) is 0 Å². The molecule has 0 unspecified atom stereocenters. The van der Waals surface area contributed by atoms with Crippen LogP contribution in [0.15, 0.2) is 28.8 Å². The molecule has 1 aromatic heterocycles. The smallest absolute Gasteiger partial charge is 0.372 e. The molecule has 1 aromatic carbocycles. The summed E-state index contributed by atoms with van der Waals surface area (Å²) in [5.74, 6) is -1.74. The Balaban J connectivity index is 1.76. The molecule has 134 valence electrons. The van der Waals surface area contributed by atoms with Crippen LogP contribution in [0, 0.1) is 0 Å². The topological polar surface area (TPSA) is 68.5 Å². The Labute approximate surface area is 141 Å². The molecule has 0 radical (unpaired) electrons. The molecule has 1 saturated heterocycles. The summed E-state index contributed by atoms with van der Waals surface area (Å²) in [6.45, 7) is 4.77. The first-order chi connectivity index (χ1) is 11.7. The third-order valence-electron chi connectivity index (χ3n) is 3.77. The van der Waals surface area contributed by atoms with Gasteiger partial charge in [0.25, 0.3) is 5.91 Å². The van der Waals surface area contributed by atoms with Gasteiger partial charge in [-0.2, -0.15) is 18.2 Å². The quantitative estimate of drug-likeness (QED) is 0.828. The van der Waals surface area contributed by atoms with E-state index < -0.39 is 12.1 Å². The summed E-state index contributed by atoms with van der Waals surface area (Å²) < 4.78 is 47.3. The number of carbonyl (C=O) groups is 1. The molecular weight excluding hydrogens is 339 g/mol. The average Bonchev–Trinajstić information content (AvgIpc) is 3.03. The van der Waals surface area contributed by atoms with Gasteiger partial charge in [0.05, 0.1) is 12.2 Å². The number of benzene rings is 1. The summed E-state index contributed by atoms with van der Waals surface area (Å²) in [5, 5.41) is 3.32.